The van der Waals surface area contributed by atoms with Crippen molar-refractivity contribution in [1.29, 1.82) is 0 Å². The van der Waals surface area contributed by atoms with Crippen LogP contribution in [-0.2, 0) is 14.6 Å². The average molecular weight is 285 g/mol. The highest BCUT2D eigenvalue weighted by Gasteiger charge is 2.67. The summed E-state index contributed by atoms with van der Waals surface area (Å²) in [7, 11) is -0.0967. The lowest BCUT2D eigenvalue weighted by molar-refractivity contribution is 0.171. The van der Waals surface area contributed by atoms with Crippen molar-refractivity contribution in [2.45, 2.75) is 16.7 Å². The SMILES string of the molecule is COCC1(N)C(c2ccc(OC)cc2)C1S(C)(=O)=O. The van der Waals surface area contributed by atoms with E-state index in [0.717, 1.165) is 11.3 Å². The number of ether oxygens (including phenoxy) is 2. The molecular formula is C13H19NO4S. The number of sulfone groups is 1. The topological polar surface area (TPSA) is 78.6 Å². The lowest BCUT2D eigenvalue weighted by Gasteiger charge is -2.10. The van der Waals surface area contributed by atoms with E-state index in [9.17, 15) is 8.42 Å². The van der Waals surface area contributed by atoms with Crippen molar-refractivity contribution in [3.05, 3.63) is 29.8 Å². The number of methoxy groups -OCH3 is 2. The van der Waals surface area contributed by atoms with Crippen LogP contribution in [0.2, 0.25) is 0 Å². The molecule has 1 saturated carbocycles. The van der Waals surface area contributed by atoms with E-state index in [-0.39, 0.29) is 12.5 Å². The average Bonchev–Trinajstić information content (AvgIpc) is 2.96. The van der Waals surface area contributed by atoms with E-state index < -0.39 is 20.6 Å². The highest BCUT2D eigenvalue weighted by Crippen LogP contribution is 2.54. The first-order valence-electron chi connectivity index (χ1n) is 5.95. The third-order valence-corrected chi connectivity index (χ3v) is 5.27. The summed E-state index contributed by atoms with van der Waals surface area (Å²) in [6, 6.07) is 7.32. The molecule has 0 radical (unpaired) electrons. The molecule has 2 N–H and O–H groups in total. The Morgan fingerprint density at radius 2 is 1.84 bits per heavy atom. The van der Waals surface area contributed by atoms with E-state index >= 15 is 0 Å². The molecule has 0 bridgehead atoms. The van der Waals surface area contributed by atoms with Gasteiger partial charge in [-0.3, -0.25) is 0 Å². The molecule has 1 fully saturated rings. The Morgan fingerprint density at radius 3 is 2.26 bits per heavy atom. The minimum absolute atomic E-state index is 0.224. The van der Waals surface area contributed by atoms with Gasteiger partial charge in [0.15, 0.2) is 9.84 Å². The summed E-state index contributed by atoms with van der Waals surface area (Å²) >= 11 is 0. The molecule has 5 nitrogen and oxygen atoms in total. The number of rotatable bonds is 5. The van der Waals surface area contributed by atoms with Crippen LogP contribution in [0.25, 0.3) is 0 Å². The van der Waals surface area contributed by atoms with Gasteiger partial charge in [-0.15, -0.1) is 0 Å². The molecule has 0 aliphatic heterocycles. The summed E-state index contributed by atoms with van der Waals surface area (Å²) in [6.07, 6.45) is 1.22. The molecule has 0 heterocycles. The first kappa shape index (κ1) is 14.3. The standard InChI is InChI=1S/C13H19NO4S/c1-17-8-13(14)11(12(13)19(3,15)16)9-4-6-10(18-2)7-5-9/h4-7,11-12H,8,14H2,1-3H3. The van der Waals surface area contributed by atoms with Crippen molar-refractivity contribution in [3.8, 4) is 5.75 Å². The molecule has 1 aromatic rings. The highest BCUT2D eigenvalue weighted by atomic mass is 32.2. The lowest BCUT2D eigenvalue weighted by atomic mass is 10.1. The van der Waals surface area contributed by atoms with Crippen LogP contribution in [0, 0.1) is 0 Å². The highest BCUT2D eigenvalue weighted by molar-refractivity contribution is 7.91. The Kier molecular flexibility index (Phi) is 3.59. The predicted molar refractivity (Wildman–Crippen MR) is 73.2 cm³/mol. The summed E-state index contributed by atoms with van der Waals surface area (Å²) in [6.45, 7) is 0.224. The molecule has 0 spiro atoms. The molecule has 1 aliphatic carbocycles. The van der Waals surface area contributed by atoms with Crippen molar-refractivity contribution < 1.29 is 17.9 Å². The number of nitrogens with two attached hydrogens (primary N) is 1. The maximum absolute atomic E-state index is 11.8. The van der Waals surface area contributed by atoms with E-state index in [4.69, 9.17) is 15.2 Å². The van der Waals surface area contributed by atoms with Gasteiger partial charge >= 0.3 is 0 Å². The number of benzene rings is 1. The maximum Gasteiger partial charge on any atom is 0.152 e. The van der Waals surface area contributed by atoms with Crippen LogP contribution in [0.15, 0.2) is 24.3 Å². The second-order valence-electron chi connectivity index (χ2n) is 5.05. The zero-order chi connectivity index (χ0) is 14.3. The summed E-state index contributed by atoms with van der Waals surface area (Å²) in [5.41, 5.74) is 6.26. The quantitative estimate of drug-likeness (QED) is 0.854. The molecule has 3 atom stereocenters. The zero-order valence-electron chi connectivity index (χ0n) is 11.3. The Hall–Kier alpha value is -1.11. The van der Waals surface area contributed by atoms with Gasteiger partial charge in [0, 0.05) is 19.3 Å². The first-order valence-corrected chi connectivity index (χ1v) is 7.90. The normalized spacial score (nSPS) is 30.1. The lowest BCUT2D eigenvalue weighted by Crippen LogP contribution is -2.35. The van der Waals surface area contributed by atoms with E-state index in [0.29, 0.717) is 0 Å². The first-order chi connectivity index (χ1) is 8.84. The molecule has 1 aromatic carbocycles. The minimum Gasteiger partial charge on any atom is -0.497 e. The van der Waals surface area contributed by atoms with Gasteiger partial charge in [0.25, 0.3) is 0 Å². The van der Waals surface area contributed by atoms with Crippen LogP contribution in [0.5, 0.6) is 5.75 Å². The smallest absolute Gasteiger partial charge is 0.152 e. The van der Waals surface area contributed by atoms with Gasteiger partial charge in [-0.2, -0.15) is 0 Å². The van der Waals surface area contributed by atoms with Crippen LogP contribution in [-0.4, -0.2) is 46.3 Å². The van der Waals surface area contributed by atoms with Crippen LogP contribution >= 0.6 is 0 Å². The Labute approximate surface area is 113 Å². The van der Waals surface area contributed by atoms with E-state index in [1.165, 1.54) is 13.4 Å². The maximum atomic E-state index is 11.8. The van der Waals surface area contributed by atoms with Crippen LogP contribution in [0.4, 0.5) is 0 Å². The van der Waals surface area contributed by atoms with Gasteiger partial charge < -0.3 is 15.2 Å². The van der Waals surface area contributed by atoms with E-state index in [1.807, 2.05) is 12.1 Å². The Morgan fingerprint density at radius 1 is 1.26 bits per heavy atom. The second-order valence-corrected chi connectivity index (χ2v) is 7.21. The minimum atomic E-state index is -3.21. The Balaban J connectivity index is 2.32. The molecule has 2 rings (SSSR count). The largest absolute Gasteiger partial charge is 0.497 e. The fraction of sp³-hybridized carbons (Fsp3) is 0.538. The van der Waals surface area contributed by atoms with Crippen molar-refractivity contribution >= 4 is 9.84 Å². The molecule has 3 unspecified atom stereocenters. The summed E-state index contributed by atoms with van der Waals surface area (Å²) in [4.78, 5) is 0. The van der Waals surface area contributed by atoms with Crippen molar-refractivity contribution in [3.63, 3.8) is 0 Å². The van der Waals surface area contributed by atoms with Crippen molar-refractivity contribution in [2.75, 3.05) is 27.1 Å². The molecule has 0 aromatic heterocycles. The second kappa shape index (κ2) is 4.77. The number of hydrogen-bond acceptors (Lipinski definition) is 5. The fourth-order valence-electron chi connectivity index (χ4n) is 2.79. The Bertz CT molecular complexity index is 555. The van der Waals surface area contributed by atoms with Crippen LogP contribution in [0.1, 0.15) is 11.5 Å². The molecule has 6 heteroatoms. The van der Waals surface area contributed by atoms with Crippen LogP contribution < -0.4 is 10.5 Å². The molecule has 0 amide bonds. The third-order valence-electron chi connectivity index (χ3n) is 3.63. The van der Waals surface area contributed by atoms with Gasteiger partial charge in [-0.05, 0) is 17.7 Å². The monoisotopic (exact) mass is 285 g/mol. The summed E-state index contributed by atoms with van der Waals surface area (Å²) in [5.74, 6) is 0.503. The zero-order valence-corrected chi connectivity index (χ0v) is 12.1. The summed E-state index contributed by atoms with van der Waals surface area (Å²) < 4.78 is 33.8. The van der Waals surface area contributed by atoms with Crippen molar-refractivity contribution in [2.24, 2.45) is 5.73 Å². The van der Waals surface area contributed by atoms with Crippen LogP contribution in [0.3, 0.4) is 0 Å². The van der Waals surface area contributed by atoms with Crippen molar-refractivity contribution in [1.82, 2.24) is 0 Å². The third kappa shape index (κ3) is 2.48. The molecular weight excluding hydrogens is 266 g/mol. The van der Waals surface area contributed by atoms with Gasteiger partial charge in [-0.1, -0.05) is 12.1 Å². The van der Waals surface area contributed by atoms with Gasteiger partial charge in [-0.25, -0.2) is 8.42 Å². The molecule has 106 valence electrons. The predicted octanol–water partition coefficient (Wildman–Crippen LogP) is 0.549. The molecule has 19 heavy (non-hydrogen) atoms. The molecule has 0 saturated heterocycles. The number of hydrogen-bond donors (Lipinski definition) is 1. The fourth-order valence-corrected chi connectivity index (χ4v) is 4.63. The molecule has 1 aliphatic rings. The van der Waals surface area contributed by atoms with E-state index in [2.05, 4.69) is 0 Å². The van der Waals surface area contributed by atoms with Gasteiger partial charge in [0.05, 0.1) is 24.5 Å². The van der Waals surface area contributed by atoms with Gasteiger partial charge in [0.2, 0.25) is 0 Å². The summed E-state index contributed by atoms with van der Waals surface area (Å²) in [5, 5.41) is -0.589. The van der Waals surface area contributed by atoms with E-state index in [1.54, 1.807) is 19.2 Å². The van der Waals surface area contributed by atoms with Gasteiger partial charge in [0.1, 0.15) is 5.75 Å².